The minimum atomic E-state index is -1.04. The molecule has 0 saturated heterocycles. The molecule has 0 aliphatic carbocycles. The van der Waals surface area contributed by atoms with Crippen LogP contribution in [0.3, 0.4) is 0 Å². The second kappa shape index (κ2) is 4.55. The largest absolute Gasteiger partial charge is 0.475 e. The molecule has 3 heterocycles. The average Bonchev–Trinajstić information content (AvgIpc) is 2.94. The van der Waals surface area contributed by atoms with E-state index >= 15 is 0 Å². The first-order chi connectivity index (χ1) is 8.72. The Balaban J connectivity index is 1.79. The van der Waals surface area contributed by atoms with Crippen molar-refractivity contribution in [2.45, 2.75) is 19.4 Å². The zero-order valence-corrected chi connectivity index (χ0v) is 10.4. The maximum atomic E-state index is 10.7. The van der Waals surface area contributed by atoms with Crippen molar-refractivity contribution in [2.75, 3.05) is 6.54 Å². The zero-order chi connectivity index (χ0) is 12.5. The van der Waals surface area contributed by atoms with Gasteiger partial charge in [-0.1, -0.05) is 0 Å². The van der Waals surface area contributed by atoms with Gasteiger partial charge in [0.1, 0.15) is 10.8 Å². The number of nitrogens with one attached hydrogen (secondary N) is 1. The van der Waals surface area contributed by atoms with Crippen LogP contribution < -0.4 is 5.32 Å². The van der Waals surface area contributed by atoms with Crippen molar-refractivity contribution >= 4 is 17.3 Å². The molecule has 6 heteroatoms. The van der Waals surface area contributed by atoms with Gasteiger partial charge >= 0.3 is 5.97 Å². The lowest BCUT2D eigenvalue weighted by atomic mass is 10.2. The van der Waals surface area contributed by atoms with E-state index < -0.39 is 5.97 Å². The Morgan fingerprint density at radius 1 is 1.56 bits per heavy atom. The van der Waals surface area contributed by atoms with Crippen molar-refractivity contribution in [1.29, 1.82) is 0 Å². The normalized spacial score (nSPS) is 14.4. The number of carboxylic acids is 1. The molecule has 0 radical (unpaired) electrons. The lowest BCUT2D eigenvalue weighted by Gasteiger charge is -2.09. The van der Waals surface area contributed by atoms with Crippen LogP contribution in [0.4, 0.5) is 0 Å². The molecule has 0 bridgehead atoms. The van der Waals surface area contributed by atoms with Crippen LogP contribution in [-0.4, -0.2) is 22.6 Å². The molecule has 0 spiro atoms. The van der Waals surface area contributed by atoms with Gasteiger partial charge in [0.05, 0.1) is 12.1 Å². The Hall–Kier alpha value is -1.66. The number of aromatic nitrogens is 1. The van der Waals surface area contributed by atoms with Crippen LogP contribution in [0.1, 0.15) is 31.9 Å². The lowest BCUT2D eigenvalue weighted by Crippen LogP contribution is -2.22. The average molecular weight is 264 g/mol. The highest BCUT2D eigenvalue weighted by Gasteiger charge is 2.16. The van der Waals surface area contributed by atoms with Crippen molar-refractivity contribution < 1.29 is 14.3 Å². The summed E-state index contributed by atoms with van der Waals surface area (Å²) in [6.45, 7) is 1.85. The van der Waals surface area contributed by atoms with Gasteiger partial charge in [-0.25, -0.2) is 9.78 Å². The molecule has 94 valence electrons. The van der Waals surface area contributed by atoms with Crippen LogP contribution in [0.15, 0.2) is 16.5 Å². The van der Waals surface area contributed by atoms with E-state index in [0.717, 1.165) is 24.5 Å². The number of fused-ring (bicyclic) bond motifs is 1. The Labute approximate surface area is 107 Å². The molecule has 2 aromatic rings. The molecule has 5 nitrogen and oxygen atoms in total. The fourth-order valence-electron chi connectivity index (χ4n) is 1.99. The van der Waals surface area contributed by atoms with Gasteiger partial charge in [0.2, 0.25) is 5.76 Å². The van der Waals surface area contributed by atoms with Crippen LogP contribution in [0, 0.1) is 0 Å². The van der Waals surface area contributed by atoms with Gasteiger partial charge in [-0.05, 0) is 12.1 Å². The lowest BCUT2D eigenvalue weighted by molar-refractivity contribution is 0.0660. The van der Waals surface area contributed by atoms with E-state index in [0.29, 0.717) is 12.2 Å². The van der Waals surface area contributed by atoms with Crippen LogP contribution >= 0.6 is 11.3 Å². The number of hydrogen-bond donors (Lipinski definition) is 2. The van der Waals surface area contributed by atoms with E-state index in [1.807, 2.05) is 0 Å². The maximum absolute atomic E-state index is 10.7. The summed E-state index contributed by atoms with van der Waals surface area (Å²) in [5.74, 6) is -0.414. The number of thiazole rings is 1. The number of aromatic carboxylic acids is 1. The zero-order valence-electron chi connectivity index (χ0n) is 9.60. The predicted molar refractivity (Wildman–Crippen MR) is 66.0 cm³/mol. The minimum Gasteiger partial charge on any atom is -0.475 e. The van der Waals surface area contributed by atoms with Gasteiger partial charge in [-0.3, -0.25) is 0 Å². The highest BCUT2D eigenvalue weighted by molar-refractivity contribution is 7.11. The van der Waals surface area contributed by atoms with E-state index in [2.05, 4.69) is 10.3 Å². The van der Waals surface area contributed by atoms with Crippen LogP contribution in [0.5, 0.6) is 0 Å². The summed E-state index contributed by atoms with van der Waals surface area (Å²) in [5, 5.41) is 13.1. The molecule has 2 N–H and O–H groups in total. The van der Waals surface area contributed by atoms with Gasteiger partial charge in [0, 0.05) is 24.4 Å². The molecule has 1 aliphatic rings. The van der Waals surface area contributed by atoms with Crippen molar-refractivity contribution in [3.63, 3.8) is 0 Å². The van der Waals surface area contributed by atoms with Gasteiger partial charge in [0.25, 0.3) is 0 Å². The fraction of sp³-hybridized carbons (Fsp3) is 0.333. The highest BCUT2D eigenvalue weighted by atomic mass is 32.1. The van der Waals surface area contributed by atoms with Gasteiger partial charge in [0.15, 0.2) is 0 Å². The summed E-state index contributed by atoms with van der Waals surface area (Å²) < 4.78 is 5.23. The van der Waals surface area contributed by atoms with Crippen molar-refractivity contribution in [2.24, 2.45) is 0 Å². The molecule has 2 aromatic heterocycles. The van der Waals surface area contributed by atoms with Gasteiger partial charge in [-0.2, -0.15) is 0 Å². The molecule has 18 heavy (non-hydrogen) atoms. The second-order valence-electron chi connectivity index (χ2n) is 4.15. The maximum Gasteiger partial charge on any atom is 0.371 e. The molecule has 3 rings (SSSR count). The Morgan fingerprint density at radius 3 is 3.17 bits per heavy atom. The molecular weight excluding hydrogens is 252 g/mol. The second-order valence-corrected chi connectivity index (χ2v) is 5.32. The summed E-state index contributed by atoms with van der Waals surface area (Å²) in [7, 11) is 0. The Kier molecular flexibility index (Phi) is 2.89. The monoisotopic (exact) mass is 264 g/mol. The SMILES string of the molecule is O=C(O)c1ccc(Cc2nc3c(s2)CNCC3)o1. The summed E-state index contributed by atoms with van der Waals surface area (Å²) in [6, 6.07) is 3.18. The van der Waals surface area contributed by atoms with E-state index in [4.69, 9.17) is 9.52 Å². The molecule has 0 atom stereocenters. The number of nitrogens with zero attached hydrogens (tertiary/aromatic N) is 1. The van der Waals surface area contributed by atoms with E-state index in [-0.39, 0.29) is 5.76 Å². The molecule has 1 aliphatic heterocycles. The van der Waals surface area contributed by atoms with E-state index in [9.17, 15) is 4.79 Å². The molecule has 0 saturated carbocycles. The van der Waals surface area contributed by atoms with Crippen molar-refractivity contribution in [3.05, 3.63) is 39.2 Å². The van der Waals surface area contributed by atoms with Crippen LogP contribution in [0.25, 0.3) is 0 Å². The molecule has 0 fully saturated rings. The number of hydrogen-bond acceptors (Lipinski definition) is 5. The predicted octanol–water partition coefficient (Wildman–Crippen LogP) is 1.67. The first-order valence-corrected chi connectivity index (χ1v) is 6.54. The molecule has 0 aromatic carbocycles. The number of carboxylic acid groups (broad SMARTS) is 1. The van der Waals surface area contributed by atoms with E-state index in [1.165, 1.54) is 16.6 Å². The summed E-state index contributed by atoms with van der Waals surface area (Å²) in [4.78, 5) is 16.6. The van der Waals surface area contributed by atoms with E-state index in [1.54, 1.807) is 17.4 Å². The minimum absolute atomic E-state index is 0.0204. The topological polar surface area (TPSA) is 75.4 Å². The smallest absolute Gasteiger partial charge is 0.371 e. The fourth-order valence-corrected chi connectivity index (χ4v) is 3.09. The van der Waals surface area contributed by atoms with Crippen molar-refractivity contribution in [3.8, 4) is 0 Å². The highest BCUT2D eigenvalue weighted by Crippen LogP contribution is 2.24. The molecule has 0 amide bonds. The third-order valence-corrected chi connectivity index (χ3v) is 3.94. The Morgan fingerprint density at radius 2 is 2.44 bits per heavy atom. The summed E-state index contributed by atoms with van der Waals surface area (Å²) in [5.41, 5.74) is 1.17. The summed E-state index contributed by atoms with van der Waals surface area (Å²) >= 11 is 1.67. The molecule has 0 unspecified atom stereocenters. The third-order valence-electron chi connectivity index (χ3n) is 2.84. The third kappa shape index (κ3) is 2.16. The van der Waals surface area contributed by atoms with Gasteiger partial charge < -0.3 is 14.8 Å². The van der Waals surface area contributed by atoms with Crippen LogP contribution in [0.2, 0.25) is 0 Å². The molecular formula is C12H12N2O3S. The standard InChI is InChI=1S/C12H12N2O3S/c15-12(16)9-2-1-7(17-9)5-11-14-8-3-4-13-6-10(8)18-11/h1-2,13H,3-6H2,(H,15,16). The van der Waals surface area contributed by atoms with Crippen LogP contribution in [-0.2, 0) is 19.4 Å². The van der Waals surface area contributed by atoms with Crippen molar-refractivity contribution in [1.82, 2.24) is 10.3 Å². The van der Waals surface area contributed by atoms with Gasteiger partial charge in [-0.15, -0.1) is 11.3 Å². The summed E-state index contributed by atoms with van der Waals surface area (Å²) in [6.07, 6.45) is 1.52. The number of carbonyl (C=O) groups is 1. The Bertz CT molecular complexity index is 564. The number of furan rings is 1. The quantitative estimate of drug-likeness (QED) is 0.882. The first-order valence-electron chi connectivity index (χ1n) is 5.72. The first kappa shape index (κ1) is 11.4. The number of rotatable bonds is 3.